The number of ketones is 1. The number of nitrogens with zero attached hydrogens (tertiary/aromatic N) is 5. The molecule has 6 nitrogen and oxygen atoms in total. The van der Waals surface area contributed by atoms with Crippen LogP contribution in [0.3, 0.4) is 0 Å². The van der Waals surface area contributed by atoms with Crippen LogP contribution in [-0.4, -0.2) is 31.0 Å². The number of hydrogen-bond acceptors (Lipinski definition) is 5. The number of Topliss-reactive ketones (excluding diaryl/α,β-unsaturated/α-hetero) is 1. The van der Waals surface area contributed by atoms with Gasteiger partial charge in [-0.05, 0) is 53.6 Å². The Balaban J connectivity index is 1.70. The lowest BCUT2D eigenvalue weighted by atomic mass is 10.0. The molecule has 2 aromatic carbocycles. The van der Waals surface area contributed by atoms with Crippen LogP contribution in [0.5, 0.6) is 0 Å². The van der Waals surface area contributed by atoms with Crippen molar-refractivity contribution in [2.45, 2.75) is 6.92 Å². The van der Waals surface area contributed by atoms with Gasteiger partial charge in [0.1, 0.15) is 5.69 Å². The fourth-order valence-electron chi connectivity index (χ4n) is 2.65. The van der Waals surface area contributed by atoms with Crippen LogP contribution in [0.4, 0.5) is 0 Å². The Kier molecular flexibility index (Phi) is 4.07. The largest absolute Gasteiger partial charge is 0.295 e. The average molecular weight is 341 g/mol. The first kappa shape index (κ1) is 15.8. The molecule has 4 rings (SSSR count). The number of aromatic nitrogens is 5. The summed E-state index contributed by atoms with van der Waals surface area (Å²) in [5.41, 5.74) is 4.07. The third kappa shape index (κ3) is 3.12. The van der Waals surface area contributed by atoms with Crippen molar-refractivity contribution in [1.29, 1.82) is 0 Å². The van der Waals surface area contributed by atoms with Crippen LogP contribution in [0.1, 0.15) is 17.3 Å². The van der Waals surface area contributed by atoms with Crippen molar-refractivity contribution in [2.75, 3.05) is 0 Å². The summed E-state index contributed by atoms with van der Waals surface area (Å²) in [4.78, 5) is 17.3. The molecule has 0 fully saturated rings. The van der Waals surface area contributed by atoms with Crippen molar-refractivity contribution < 1.29 is 4.79 Å². The van der Waals surface area contributed by atoms with E-state index in [0.29, 0.717) is 17.1 Å². The number of pyridine rings is 1. The van der Waals surface area contributed by atoms with E-state index in [4.69, 9.17) is 0 Å². The van der Waals surface area contributed by atoms with Crippen LogP contribution in [0.2, 0.25) is 0 Å². The molecular formula is C20H15N5O. The lowest BCUT2D eigenvalue weighted by Crippen LogP contribution is -1.99. The monoisotopic (exact) mass is 341 g/mol. The minimum absolute atomic E-state index is 0.0425. The second kappa shape index (κ2) is 6.68. The van der Waals surface area contributed by atoms with Gasteiger partial charge in [-0.2, -0.15) is 0 Å². The van der Waals surface area contributed by atoms with Crippen molar-refractivity contribution in [3.05, 3.63) is 78.5 Å². The summed E-state index contributed by atoms with van der Waals surface area (Å²) in [5.74, 6) is 0.510. The SMILES string of the molecule is CC(=O)c1cccc(-c2cccc(-n3nnc(-c4ccccn4)n3)c2)c1. The molecule has 0 spiro atoms. The third-order valence-electron chi connectivity index (χ3n) is 3.99. The van der Waals surface area contributed by atoms with Crippen LogP contribution >= 0.6 is 0 Å². The summed E-state index contributed by atoms with van der Waals surface area (Å²) >= 11 is 0. The second-order valence-electron chi connectivity index (χ2n) is 5.80. The summed E-state index contributed by atoms with van der Waals surface area (Å²) < 4.78 is 0. The molecule has 6 heteroatoms. The van der Waals surface area contributed by atoms with Gasteiger partial charge in [0.2, 0.25) is 5.82 Å². The molecule has 0 aliphatic heterocycles. The smallest absolute Gasteiger partial charge is 0.223 e. The molecule has 0 bridgehead atoms. The Labute approximate surface area is 150 Å². The van der Waals surface area contributed by atoms with Gasteiger partial charge < -0.3 is 0 Å². The Bertz CT molecular complexity index is 1070. The molecule has 0 aliphatic carbocycles. The molecule has 0 atom stereocenters. The van der Waals surface area contributed by atoms with E-state index in [1.54, 1.807) is 13.1 Å². The Hall–Kier alpha value is -3.67. The fraction of sp³-hybridized carbons (Fsp3) is 0.0500. The van der Waals surface area contributed by atoms with E-state index < -0.39 is 0 Å². The van der Waals surface area contributed by atoms with Crippen LogP contribution in [0.25, 0.3) is 28.3 Å². The summed E-state index contributed by atoms with van der Waals surface area (Å²) in [7, 11) is 0. The molecule has 0 saturated carbocycles. The molecule has 0 saturated heterocycles. The molecule has 0 aliphatic rings. The van der Waals surface area contributed by atoms with E-state index >= 15 is 0 Å². The molecule has 0 unspecified atom stereocenters. The predicted molar refractivity (Wildman–Crippen MR) is 97.8 cm³/mol. The minimum Gasteiger partial charge on any atom is -0.295 e. The maximum atomic E-state index is 11.6. The quantitative estimate of drug-likeness (QED) is 0.530. The number of hydrogen-bond donors (Lipinski definition) is 0. The molecule has 0 amide bonds. The van der Waals surface area contributed by atoms with Crippen LogP contribution < -0.4 is 0 Å². The van der Waals surface area contributed by atoms with Gasteiger partial charge in [-0.15, -0.1) is 15.0 Å². The first-order chi connectivity index (χ1) is 12.7. The van der Waals surface area contributed by atoms with Crippen molar-refractivity contribution in [3.8, 4) is 28.3 Å². The first-order valence-electron chi connectivity index (χ1n) is 8.14. The molecule has 4 aromatic rings. The number of benzene rings is 2. The highest BCUT2D eigenvalue weighted by Gasteiger charge is 2.09. The van der Waals surface area contributed by atoms with E-state index in [1.165, 1.54) is 4.80 Å². The van der Waals surface area contributed by atoms with E-state index in [0.717, 1.165) is 16.8 Å². The average Bonchev–Trinajstić information content (AvgIpc) is 3.19. The Morgan fingerprint density at radius 2 is 1.73 bits per heavy atom. The van der Waals surface area contributed by atoms with Gasteiger partial charge in [-0.3, -0.25) is 9.78 Å². The molecule has 2 heterocycles. The number of carbonyl (C=O) groups excluding carboxylic acids is 1. The maximum absolute atomic E-state index is 11.6. The molecule has 0 radical (unpaired) electrons. The van der Waals surface area contributed by atoms with Gasteiger partial charge >= 0.3 is 0 Å². The van der Waals surface area contributed by atoms with Crippen molar-refractivity contribution in [1.82, 2.24) is 25.2 Å². The first-order valence-corrected chi connectivity index (χ1v) is 8.14. The summed E-state index contributed by atoms with van der Waals surface area (Å²) in [6, 6.07) is 20.9. The van der Waals surface area contributed by atoms with Gasteiger partial charge in [0.15, 0.2) is 5.78 Å². The van der Waals surface area contributed by atoms with Crippen molar-refractivity contribution >= 4 is 5.78 Å². The zero-order chi connectivity index (χ0) is 17.9. The fourth-order valence-corrected chi connectivity index (χ4v) is 2.65. The number of carbonyl (C=O) groups is 1. The predicted octanol–water partition coefficient (Wildman–Crippen LogP) is 3.59. The maximum Gasteiger partial charge on any atom is 0.223 e. The number of rotatable bonds is 4. The van der Waals surface area contributed by atoms with Crippen LogP contribution in [-0.2, 0) is 0 Å². The third-order valence-corrected chi connectivity index (χ3v) is 3.99. The molecule has 126 valence electrons. The number of tetrazole rings is 1. The lowest BCUT2D eigenvalue weighted by Gasteiger charge is -2.06. The van der Waals surface area contributed by atoms with Gasteiger partial charge in [0.25, 0.3) is 0 Å². The second-order valence-corrected chi connectivity index (χ2v) is 5.80. The molecular weight excluding hydrogens is 326 g/mol. The highest BCUT2D eigenvalue weighted by Crippen LogP contribution is 2.23. The normalized spacial score (nSPS) is 10.7. The van der Waals surface area contributed by atoms with Gasteiger partial charge in [0.05, 0.1) is 5.69 Å². The van der Waals surface area contributed by atoms with Gasteiger partial charge in [-0.25, -0.2) is 0 Å². The highest BCUT2D eigenvalue weighted by atomic mass is 16.1. The topological polar surface area (TPSA) is 73.6 Å². The Morgan fingerprint density at radius 1 is 0.923 bits per heavy atom. The van der Waals surface area contributed by atoms with E-state index in [-0.39, 0.29) is 5.78 Å². The van der Waals surface area contributed by atoms with Crippen molar-refractivity contribution in [3.63, 3.8) is 0 Å². The lowest BCUT2D eigenvalue weighted by molar-refractivity contribution is 0.101. The van der Waals surface area contributed by atoms with Gasteiger partial charge in [0, 0.05) is 11.8 Å². The van der Waals surface area contributed by atoms with Gasteiger partial charge in [-0.1, -0.05) is 36.4 Å². The zero-order valence-electron chi connectivity index (χ0n) is 14.1. The molecule has 0 N–H and O–H groups in total. The zero-order valence-corrected chi connectivity index (χ0v) is 14.1. The Morgan fingerprint density at radius 3 is 2.50 bits per heavy atom. The van der Waals surface area contributed by atoms with E-state index in [1.807, 2.05) is 66.7 Å². The van der Waals surface area contributed by atoms with Crippen LogP contribution in [0, 0.1) is 0 Å². The van der Waals surface area contributed by atoms with E-state index in [2.05, 4.69) is 20.4 Å². The molecule has 2 aromatic heterocycles. The molecule has 26 heavy (non-hydrogen) atoms. The highest BCUT2D eigenvalue weighted by molar-refractivity contribution is 5.95. The minimum atomic E-state index is 0.0425. The van der Waals surface area contributed by atoms with Crippen molar-refractivity contribution in [2.24, 2.45) is 0 Å². The summed E-state index contributed by atoms with van der Waals surface area (Å²) in [5, 5.41) is 12.6. The summed E-state index contributed by atoms with van der Waals surface area (Å²) in [6.45, 7) is 1.56. The van der Waals surface area contributed by atoms with E-state index in [9.17, 15) is 4.79 Å². The standard InChI is InChI=1S/C20H15N5O/c1-14(26)15-6-4-7-16(12-15)17-8-5-9-18(13-17)25-23-20(22-24-25)19-10-2-3-11-21-19/h2-13H,1H3. The summed E-state index contributed by atoms with van der Waals surface area (Å²) in [6.07, 6.45) is 1.69. The van der Waals surface area contributed by atoms with Crippen LogP contribution in [0.15, 0.2) is 72.9 Å².